The van der Waals surface area contributed by atoms with Crippen LogP contribution < -0.4 is 4.72 Å². The van der Waals surface area contributed by atoms with E-state index in [1.54, 1.807) is 6.92 Å². The van der Waals surface area contributed by atoms with E-state index in [2.05, 4.69) is 14.9 Å². The summed E-state index contributed by atoms with van der Waals surface area (Å²) in [6, 6.07) is 3.39. The van der Waals surface area contributed by atoms with Crippen LogP contribution in [0, 0.1) is 17.0 Å². The maximum atomic E-state index is 12.2. The Morgan fingerprint density at radius 2 is 2.19 bits per heavy atom. The summed E-state index contributed by atoms with van der Waals surface area (Å²) in [5.41, 5.74) is 0.789. The molecule has 0 radical (unpaired) electrons. The van der Waals surface area contributed by atoms with Crippen LogP contribution in [0.3, 0.4) is 0 Å². The van der Waals surface area contributed by atoms with Gasteiger partial charge < -0.3 is 0 Å². The van der Waals surface area contributed by atoms with Gasteiger partial charge in [-0.1, -0.05) is 11.6 Å². The van der Waals surface area contributed by atoms with Crippen LogP contribution >= 0.6 is 11.6 Å². The predicted octanol–water partition coefficient (Wildman–Crippen LogP) is 1.76. The lowest BCUT2D eigenvalue weighted by molar-refractivity contribution is -0.387. The summed E-state index contributed by atoms with van der Waals surface area (Å²) in [5, 5.41) is 17.5. The van der Waals surface area contributed by atoms with Crippen molar-refractivity contribution in [1.82, 2.24) is 14.9 Å². The molecule has 0 atom stereocenters. The van der Waals surface area contributed by atoms with Crippen molar-refractivity contribution in [1.29, 1.82) is 0 Å². The van der Waals surface area contributed by atoms with E-state index < -0.39 is 25.5 Å². The summed E-state index contributed by atoms with van der Waals surface area (Å²) in [7, 11) is -4.04. The summed E-state index contributed by atoms with van der Waals surface area (Å²) in [4.78, 5) is 9.73. The molecule has 21 heavy (non-hydrogen) atoms. The molecule has 10 heteroatoms. The lowest BCUT2D eigenvalue weighted by Crippen LogP contribution is -2.24. The highest BCUT2D eigenvalue weighted by atomic mass is 35.5. The maximum Gasteiger partial charge on any atom is 0.290 e. The first-order valence-electron chi connectivity index (χ1n) is 5.73. The zero-order valence-corrected chi connectivity index (χ0v) is 12.4. The molecule has 0 unspecified atom stereocenters. The first-order valence-corrected chi connectivity index (χ1v) is 7.60. The molecule has 1 heterocycles. The molecule has 0 saturated carbocycles. The number of halogens is 1. The van der Waals surface area contributed by atoms with Gasteiger partial charge in [-0.3, -0.25) is 15.2 Å². The number of benzene rings is 1. The fourth-order valence-corrected chi connectivity index (χ4v) is 2.99. The Kier molecular flexibility index (Phi) is 4.26. The van der Waals surface area contributed by atoms with Crippen LogP contribution in [-0.2, 0) is 16.6 Å². The summed E-state index contributed by atoms with van der Waals surface area (Å²) in [5.74, 6) is 0. The monoisotopic (exact) mass is 330 g/mol. The van der Waals surface area contributed by atoms with Crippen molar-refractivity contribution in [3.8, 4) is 0 Å². The Labute approximate surface area is 125 Å². The highest BCUT2D eigenvalue weighted by molar-refractivity contribution is 7.89. The average Bonchev–Trinajstić information content (AvgIpc) is 2.81. The Morgan fingerprint density at radius 3 is 2.76 bits per heavy atom. The zero-order chi connectivity index (χ0) is 15.6. The number of nitrogens with zero attached hydrogens (tertiary/aromatic N) is 2. The van der Waals surface area contributed by atoms with Crippen LogP contribution in [0.15, 0.2) is 29.3 Å². The van der Waals surface area contributed by atoms with Gasteiger partial charge in [-0.25, -0.2) is 13.1 Å². The van der Waals surface area contributed by atoms with Crippen molar-refractivity contribution in [2.75, 3.05) is 0 Å². The topological polar surface area (TPSA) is 118 Å². The maximum absolute atomic E-state index is 12.2. The molecular weight excluding hydrogens is 320 g/mol. The molecule has 1 aromatic heterocycles. The standard InChI is InChI=1S/C11H11ClN4O4S/c1-7-8(5-13-15-7)6-14-21(19,20)11-3-2-9(12)4-10(11)16(17)18/h2-5,14H,6H2,1H3,(H,13,15). The van der Waals surface area contributed by atoms with Crippen molar-refractivity contribution in [3.05, 3.63) is 50.8 Å². The van der Waals surface area contributed by atoms with Crippen LogP contribution in [0.2, 0.25) is 5.02 Å². The molecule has 0 aliphatic carbocycles. The van der Waals surface area contributed by atoms with Crippen molar-refractivity contribution in [2.24, 2.45) is 0 Å². The number of H-pyrrole nitrogens is 1. The number of hydrogen-bond donors (Lipinski definition) is 2. The van der Waals surface area contributed by atoms with Crippen LogP contribution in [0.5, 0.6) is 0 Å². The fraction of sp³-hybridized carbons (Fsp3) is 0.182. The molecule has 0 aliphatic rings. The Morgan fingerprint density at radius 1 is 1.48 bits per heavy atom. The Bertz CT molecular complexity index is 787. The number of nitrogens with one attached hydrogen (secondary N) is 2. The SMILES string of the molecule is Cc1[nH]ncc1CNS(=O)(=O)c1ccc(Cl)cc1[N+](=O)[O-]. The van der Waals surface area contributed by atoms with Crippen molar-refractivity contribution in [2.45, 2.75) is 18.4 Å². The number of aryl methyl sites for hydroxylation is 1. The molecule has 0 amide bonds. The minimum Gasteiger partial charge on any atom is -0.283 e. The van der Waals surface area contributed by atoms with Crippen molar-refractivity contribution >= 4 is 27.3 Å². The fourth-order valence-electron chi connectivity index (χ4n) is 1.66. The van der Waals surface area contributed by atoms with E-state index in [1.807, 2.05) is 0 Å². The smallest absolute Gasteiger partial charge is 0.283 e. The molecule has 2 N–H and O–H groups in total. The summed E-state index contributed by atoms with van der Waals surface area (Å²) in [6.07, 6.45) is 1.48. The quantitative estimate of drug-likeness (QED) is 0.639. The van der Waals surface area contributed by atoms with E-state index in [1.165, 1.54) is 12.3 Å². The molecule has 1 aromatic carbocycles. The highest BCUT2D eigenvalue weighted by Crippen LogP contribution is 2.27. The van der Waals surface area contributed by atoms with Gasteiger partial charge in [-0.15, -0.1) is 0 Å². The second-order valence-corrected chi connectivity index (χ2v) is 6.39. The molecule has 0 bridgehead atoms. The van der Waals surface area contributed by atoms with Gasteiger partial charge >= 0.3 is 0 Å². The van der Waals surface area contributed by atoms with Gasteiger partial charge in [0.15, 0.2) is 4.90 Å². The first kappa shape index (κ1) is 15.4. The average molecular weight is 331 g/mol. The molecular formula is C11H11ClN4O4S. The second kappa shape index (κ2) is 5.80. The lowest BCUT2D eigenvalue weighted by Gasteiger charge is -2.07. The molecule has 0 aliphatic heterocycles. The van der Waals surface area contributed by atoms with Gasteiger partial charge in [0, 0.05) is 28.9 Å². The van der Waals surface area contributed by atoms with Gasteiger partial charge in [0.05, 0.1) is 11.1 Å². The molecule has 0 saturated heterocycles. The first-order chi connectivity index (χ1) is 9.81. The summed E-state index contributed by atoms with van der Waals surface area (Å²) < 4.78 is 26.7. The number of rotatable bonds is 5. The van der Waals surface area contributed by atoms with Crippen molar-refractivity contribution in [3.63, 3.8) is 0 Å². The van der Waals surface area contributed by atoms with E-state index in [4.69, 9.17) is 11.6 Å². The van der Waals surface area contributed by atoms with E-state index in [0.29, 0.717) is 11.3 Å². The lowest BCUT2D eigenvalue weighted by atomic mass is 10.3. The zero-order valence-electron chi connectivity index (χ0n) is 10.8. The van der Waals surface area contributed by atoms with Gasteiger partial charge in [0.1, 0.15) is 0 Å². The number of aromatic amines is 1. The van der Waals surface area contributed by atoms with Crippen LogP contribution in [-0.4, -0.2) is 23.5 Å². The molecule has 2 rings (SSSR count). The molecule has 0 spiro atoms. The molecule has 2 aromatic rings. The Balaban J connectivity index is 2.32. The molecule has 8 nitrogen and oxygen atoms in total. The van der Waals surface area contributed by atoms with E-state index in [-0.39, 0.29) is 11.6 Å². The van der Waals surface area contributed by atoms with E-state index in [9.17, 15) is 18.5 Å². The van der Waals surface area contributed by atoms with Gasteiger partial charge in [-0.05, 0) is 19.1 Å². The van der Waals surface area contributed by atoms with Gasteiger partial charge in [-0.2, -0.15) is 5.10 Å². The number of sulfonamides is 1. The van der Waals surface area contributed by atoms with E-state index in [0.717, 1.165) is 12.1 Å². The summed E-state index contributed by atoms with van der Waals surface area (Å²) >= 11 is 5.66. The number of nitro groups is 1. The number of hydrogen-bond acceptors (Lipinski definition) is 5. The molecule has 112 valence electrons. The van der Waals surface area contributed by atoms with Gasteiger partial charge in [0.25, 0.3) is 5.69 Å². The van der Waals surface area contributed by atoms with Crippen LogP contribution in [0.4, 0.5) is 5.69 Å². The number of nitro benzene ring substituents is 1. The van der Waals surface area contributed by atoms with Crippen molar-refractivity contribution < 1.29 is 13.3 Å². The largest absolute Gasteiger partial charge is 0.290 e. The number of aromatic nitrogens is 2. The highest BCUT2D eigenvalue weighted by Gasteiger charge is 2.26. The normalized spacial score (nSPS) is 11.5. The third-order valence-corrected chi connectivity index (χ3v) is 4.48. The van der Waals surface area contributed by atoms with E-state index >= 15 is 0 Å². The third-order valence-electron chi connectivity index (χ3n) is 2.79. The minimum absolute atomic E-state index is 0.0234. The predicted molar refractivity (Wildman–Crippen MR) is 75.5 cm³/mol. The molecule has 0 fully saturated rings. The van der Waals surface area contributed by atoms with Crippen LogP contribution in [0.1, 0.15) is 11.3 Å². The van der Waals surface area contributed by atoms with Crippen LogP contribution in [0.25, 0.3) is 0 Å². The Hall–Kier alpha value is -1.97. The summed E-state index contributed by atoms with van der Waals surface area (Å²) in [6.45, 7) is 1.71. The minimum atomic E-state index is -4.04. The third kappa shape index (κ3) is 3.38. The van der Waals surface area contributed by atoms with Gasteiger partial charge in [0.2, 0.25) is 10.0 Å². The second-order valence-electron chi connectivity index (χ2n) is 4.21.